The molecule has 1 aromatic carbocycles. The van der Waals surface area contributed by atoms with E-state index in [1.165, 1.54) is 19.2 Å². The van der Waals surface area contributed by atoms with Gasteiger partial charge in [-0.25, -0.2) is 4.79 Å². The molecule has 0 aliphatic rings. The predicted octanol–water partition coefficient (Wildman–Crippen LogP) is 5.51. The van der Waals surface area contributed by atoms with Gasteiger partial charge in [-0.2, -0.15) is 0 Å². The highest BCUT2D eigenvalue weighted by Gasteiger charge is 2.38. The van der Waals surface area contributed by atoms with Crippen LogP contribution in [-0.4, -0.2) is 48.9 Å². The Labute approximate surface area is 238 Å². The van der Waals surface area contributed by atoms with E-state index >= 15 is 0 Å². The van der Waals surface area contributed by atoms with Crippen LogP contribution in [0.5, 0.6) is 11.5 Å². The van der Waals surface area contributed by atoms with Gasteiger partial charge in [-0.1, -0.05) is 54.5 Å². The molecule has 0 aliphatic carbocycles. The molecule has 0 saturated heterocycles. The number of carbonyl (C=O) groups excluding carboxylic acids is 4. The van der Waals surface area contributed by atoms with Crippen LogP contribution >= 0.6 is 0 Å². The van der Waals surface area contributed by atoms with Gasteiger partial charge in [0.25, 0.3) is 0 Å². The monoisotopic (exact) mass is 565 g/mol. The quantitative estimate of drug-likeness (QED) is 0.255. The Morgan fingerprint density at radius 1 is 0.825 bits per heavy atom. The van der Waals surface area contributed by atoms with Gasteiger partial charge in [-0.15, -0.1) is 0 Å². The second kappa shape index (κ2) is 14.5. The van der Waals surface area contributed by atoms with Gasteiger partial charge >= 0.3 is 24.1 Å². The Kier molecular flexibility index (Phi) is 12.6. The molecule has 0 aliphatic heterocycles. The zero-order valence-electron chi connectivity index (χ0n) is 25.7. The summed E-state index contributed by atoms with van der Waals surface area (Å²) in [6, 6.07) is 4.62. The van der Waals surface area contributed by atoms with E-state index < -0.39 is 35.7 Å². The average Bonchev–Trinajstić information content (AvgIpc) is 2.77. The second-order valence-corrected chi connectivity index (χ2v) is 12.7. The molecule has 2 N–H and O–H groups in total. The van der Waals surface area contributed by atoms with Crippen molar-refractivity contribution in [3.63, 3.8) is 0 Å². The fourth-order valence-corrected chi connectivity index (χ4v) is 3.80. The Balaban J connectivity index is 3.28. The third-order valence-corrected chi connectivity index (χ3v) is 5.74. The van der Waals surface area contributed by atoms with Crippen LogP contribution in [0.4, 0.5) is 4.79 Å². The smallest absolute Gasteiger partial charge is 0.468 e. The average molecular weight is 566 g/mol. The van der Waals surface area contributed by atoms with E-state index in [9.17, 15) is 19.2 Å². The highest BCUT2D eigenvalue weighted by atomic mass is 16.7. The molecule has 0 bridgehead atoms. The molecule has 0 saturated carbocycles. The van der Waals surface area contributed by atoms with Crippen LogP contribution in [0, 0.1) is 10.8 Å². The van der Waals surface area contributed by atoms with E-state index in [-0.39, 0.29) is 54.1 Å². The highest BCUT2D eigenvalue weighted by Crippen LogP contribution is 2.33. The van der Waals surface area contributed by atoms with Crippen molar-refractivity contribution in [3.8, 4) is 11.5 Å². The minimum Gasteiger partial charge on any atom is -0.468 e. The molecule has 0 amide bonds. The molecule has 0 spiro atoms. The van der Waals surface area contributed by atoms with E-state index in [1.807, 2.05) is 48.5 Å². The van der Waals surface area contributed by atoms with Crippen LogP contribution in [0.3, 0.4) is 0 Å². The van der Waals surface area contributed by atoms with Crippen molar-refractivity contribution in [2.45, 2.75) is 112 Å². The van der Waals surface area contributed by atoms with Crippen LogP contribution in [0.2, 0.25) is 0 Å². The van der Waals surface area contributed by atoms with Gasteiger partial charge in [0.15, 0.2) is 11.5 Å². The summed E-state index contributed by atoms with van der Waals surface area (Å²) in [5.74, 6) is -1.60. The Hall–Kier alpha value is -3.14. The van der Waals surface area contributed by atoms with E-state index in [0.717, 1.165) is 0 Å². The lowest BCUT2D eigenvalue weighted by molar-refractivity contribution is -0.148. The lowest BCUT2D eigenvalue weighted by Gasteiger charge is -2.29. The van der Waals surface area contributed by atoms with Crippen molar-refractivity contribution in [1.82, 2.24) is 0 Å². The summed E-state index contributed by atoms with van der Waals surface area (Å²) < 4.78 is 26.6. The molecule has 1 aromatic rings. The molecule has 0 heterocycles. The number of carbonyl (C=O) groups is 4. The number of hydrogen-bond donors (Lipinski definition) is 1. The molecular weight excluding hydrogens is 518 g/mol. The maximum atomic E-state index is 12.8. The molecular formula is C30H47NO9. The fraction of sp³-hybridized carbons (Fsp3) is 0.667. The number of methoxy groups -OCH3 is 1. The second-order valence-electron chi connectivity index (χ2n) is 12.7. The minimum atomic E-state index is -1.60. The van der Waals surface area contributed by atoms with E-state index in [0.29, 0.717) is 12.0 Å². The van der Waals surface area contributed by atoms with Crippen molar-refractivity contribution in [2.75, 3.05) is 7.11 Å². The van der Waals surface area contributed by atoms with Gasteiger partial charge < -0.3 is 29.4 Å². The van der Waals surface area contributed by atoms with Gasteiger partial charge in [0.1, 0.15) is 17.7 Å². The molecule has 226 valence electrons. The summed E-state index contributed by atoms with van der Waals surface area (Å²) in [5, 5.41) is 0. The van der Waals surface area contributed by atoms with E-state index in [2.05, 4.69) is 0 Å². The van der Waals surface area contributed by atoms with Crippen molar-refractivity contribution in [1.29, 1.82) is 0 Å². The summed E-state index contributed by atoms with van der Waals surface area (Å²) in [6.45, 7) is 16.6. The van der Waals surface area contributed by atoms with Crippen LogP contribution in [-0.2, 0) is 35.0 Å². The van der Waals surface area contributed by atoms with Crippen LogP contribution in [0.1, 0.15) is 93.6 Å². The number of benzene rings is 1. The van der Waals surface area contributed by atoms with Crippen molar-refractivity contribution >= 4 is 24.1 Å². The van der Waals surface area contributed by atoms with Crippen LogP contribution < -0.4 is 15.2 Å². The zero-order valence-corrected chi connectivity index (χ0v) is 25.7. The lowest BCUT2D eigenvalue weighted by atomic mass is 9.86. The van der Waals surface area contributed by atoms with Crippen molar-refractivity contribution in [3.05, 3.63) is 23.8 Å². The number of hydrogen-bond acceptors (Lipinski definition) is 10. The molecule has 0 fully saturated rings. The molecule has 10 heteroatoms. The van der Waals surface area contributed by atoms with Crippen LogP contribution in [0.15, 0.2) is 18.2 Å². The third kappa shape index (κ3) is 12.8. The molecule has 1 rings (SSSR count). The summed E-state index contributed by atoms with van der Waals surface area (Å²) in [7, 11) is 1.21. The number of rotatable bonds is 12. The number of esters is 3. The Bertz CT molecular complexity index is 1040. The Morgan fingerprint density at radius 3 is 1.80 bits per heavy atom. The minimum absolute atomic E-state index is 0.0302. The first-order valence-corrected chi connectivity index (χ1v) is 13.6. The van der Waals surface area contributed by atoms with Gasteiger partial charge in [-0.05, 0) is 48.8 Å². The predicted molar refractivity (Wildman–Crippen MR) is 150 cm³/mol. The lowest BCUT2D eigenvalue weighted by Crippen LogP contribution is -2.53. The van der Waals surface area contributed by atoms with E-state index in [1.54, 1.807) is 19.9 Å². The number of ether oxygens (including phenoxy) is 5. The first kappa shape index (κ1) is 34.9. The standard InChI is InChI=1S/C30H47NO9/c1-11-19(2)37-27(35)38-20(3)15-30(31,26(34)36-10)16-21-12-13-22(39-24(32)17-28(4,5)6)23(14-21)40-25(33)18-29(7,8)9/h12-14,19-20H,11,15-18,31H2,1-10H3/t19-,20-,30?/m0/s1. The molecule has 0 radical (unpaired) electrons. The normalized spacial score (nSPS) is 14.8. The summed E-state index contributed by atoms with van der Waals surface area (Å²) >= 11 is 0. The van der Waals surface area contributed by atoms with Gasteiger partial charge in [0.05, 0.1) is 20.0 Å². The largest absolute Gasteiger partial charge is 0.508 e. The van der Waals surface area contributed by atoms with Gasteiger partial charge in [-0.3, -0.25) is 14.4 Å². The fourth-order valence-electron chi connectivity index (χ4n) is 3.80. The number of nitrogens with two attached hydrogens (primary N) is 1. The SMILES string of the molecule is CC[C@H](C)OC(=O)O[C@@H](C)CC(N)(Cc1ccc(OC(=O)CC(C)(C)C)c(OC(=O)CC(C)(C)C)c1)C(=O)OC. The highest BCUT2D eigenvalue weighted by molar-refractivity contribution is 5.81. The summed E-state index contributed by atoms with van der Waals surface area (Å²) in [5.41, 5.74) is 4.79. The maximum absolute atomic E-state index is 12.8. The maximum Gasteiger partial charge on any atom is 0.508 e. The summed E-state index contributed by atoms with van der Waals surface area (Å²) in [6.07, 6.45) is -1.18. The third-order valence-electron chi connectivity index (χ3n) is 5.74. The molecule has 3 atom stereocenters. The van der Waals surface area contributed by atoms with E-state index in [4.69, 9.17) is 29.4 Å². The topological polar surface area (TPSA) is 140 Å². The first-order chi connectivity index (χ1) is 18.3. The van der Waals surface area contributed by atoms with Gasteiger partial charge in [0.2, 0.25) is 0 Å². The molecule has 1 unspecified atom stereocenters. The molecule has 10 nitrogen and oxygen atoms in total. The summed E-state index contributed by atoms with van der Waals surface area (Å²) in [4.78, 5) is 50.1. The first-order valence-electron chi connectivity index (χ1n) is 13.6. The van der Waals surface area contributed by atoms with Crippen molar-refractivity contribution < 1.29 is 42.9 Å². The van der Waals surface area contributed by atoms with Gasteiger partial charge in [0, 0.05) is 12.8 Å². The molecule has 0 aromatic heterocycles. The Morgan fingerprint density at radius 2 is 1.32 bits per heavy atom. The van der Waals surface area contributed by atoms with Crippen LogP contribution in [0.25, 0.3) is 0 Å². The van der Waals surface area contributed by atoms with Crippen molar-refractivity contribution in [2.24, 2.45) is 16.6 Å². The molecule has 40 heavy (non-hydrogen) atoms. The zero-order chi connectivity index (χ0) is 30.9.